The number of benzene rings is 1. The van der Waals surface area contributed by atoms with Crippen molar-refractivity contribution in [3.05, 3.63) is 42.0 Å². The van der Waals surface area contributed by atoms with Gasteiger partial charge in [0.15, 0.2) is 5.11 Å². The molecule has 0 radical (unpaired) electrons. The maximum absolute atomic E-state index is 11.6. The van der Waals surface area contributed by atoms with Gasteiger partial charge < -0.3 is 15.4 Å². The van der Waals surface area contributed by atoms with Gasteiger partial charge in [0.25, 0.3) is 0 Å². The van der Waals surface area contributed by atoms with Crippen LogP contribution in [0.1, 0.15) is 12.5 Å². The number of hydrogen-bond donors (Lipinski definition) is 3. The Morgan fingerprint density at radius 3 is 2.42 bits per heavy atom. The molecule has 128 valence electrons. The zero-order chi connectivity index (χ0) is 17.9. The number of carbonyl (C=O) groups excluding carboxylic acids is 3. The molecule has 0 aliphatic carbocycles. The summed E-state index contributed by atoms with van der Waals surface area (Å²) in [5.74, 6) is -1.22. The van der Waals surface area contributed by atoms with E-state index in [2.05, 4.69) is 20.7 Å². The Morgan fingerprint density at radius 2 is 1.83 bits per heavy atom. The largest absolute Gasteiger partial charge is 0.463 e. The van der Waals surface area contributed by atoms with E-state index in [0.717, 1.165) is 17.7 Å². The minimum absolute atomic E-state index is 0.0770. The van der Waals surface area contributed by atoms with E-state index in [0.29, 0.717) is 5.69 Å². The fourth-order valence-electron chi connectivity index (χ4n) is 1.63. The average Bonchev–Trinajstić information content (AvgIpc) is 2.55. The van der Waals surface area contributed by atoms with Gasteiger partial charge in [-0.3, -0.25) is 14.9 Å². The van der Waals surface area contributed by atoms with E-state index >= 15 is 0 Å². The van der Waals surface area contributed by atoms with Crippen LogP contribution >= 0.6 is 12.2 Å². The van der Waals surface area contributed by atoms with Gasteiger partial charge in [-0.2, -0.15) is 0 Å². The van der Waals surface area contributed by atoms with Crippen molar-refractivity contribution >= 4 is 40.8 Å². The van der Waals surface area contributed by atoms with E-state index in [1.165, 1.54) is 0 Å². The van der Waals surface area contributed by atoms with E-state index in [-0.39, 0.29) is 24.0 Å². The highest BCUT2D eigenvalue weighted by atomic mass is 32.1. The monoisotopic (exact) mass is 349 g/mol. The summed E-state index contributed by atoms with van der Waals surface area (Å²) in [6.07, 6.45) is 2.35. The maximum atomic E-state index is 11.6. The number of ether oxygens (including phenoxy) is 1. The third kappa shape index (κ3) is 7.50. The summed E-state index contributed by atoms with van der Waals surface area (Å²) >= 11 is 5.01. The molecule has 0 aliphatic rings. The van der Waals surface area contributed by atoms with Crippen LogP contribution in [0.25, 0.3) is 0 Å². The van der Waals surface area contributed by atoms with Crippen molar-refractivity contribution in [3.8, 4) is 0 Å². The van der Waals surface area contributed by atoms with Crippen LogP contribution in [0, 0.1) is 0 Å². The Balaban J connectivity index is 2.48. The average molecular weight is 349 g/mol. The SMILES string of the molecule is CCOC(=O)/C=C/C(=O)NC(=S)Nc1ccc(CC(=O)NC)cc1. The number of amides is 2. The zero-order valence-corrected chi connectivity index (χ0v) is 14.2. The molecular weight excluding hydrogens is 330 g/mol. The van der Waals surface area contributed by atoms with Crippen LogP contribution in [0.4, 0.5) is 5.69 Å². The molecule has 0 atom stereocenters. The molecule has 0 aliphatic heterocycles. The molecule has 3 N–H and O–H groups in total. The Labute approximate surface area is 145 Å². The summed E-state index contributed by atoms with van der Waals surface area (Å²) in [4.78, 5) is 34.0. The molecule has 7 nitrogen and oxygen atoms in total. The Morgan fingerprint density at radius 1 is 1.17 bits per heavy atom. The number of anilines is 1. The molecular formula is C16H19N3O4S. The first kappa shape index (κ1) is 19.3. The molecule has 1 rings (SSSR count). The number of hydrogen-bond acceptors (Lipinski definition) is 5. The Kier molecular flexibility index (Phi) is 8.14. The molecule has 1 aromatic rings. The van der Waals surface area contributed by atoms with Crippen LogP contribution in [0.5, 0.6) is 0 Å². The lowest BCUT2D eigenvalue weighted by atomic mass is 10.1. The minimum Gasteiger partial charge on any atom is -0.463 e. The number of rotatable bonds is 6. The van der Waals surface area contributed by atoms with Crippen LogP contribution in [0.3, 0.4) is 0 Å². The van der Waals surface area contributed by atoms with Crippen LogP contribution in [0.2, 0.25) is 0 Å². The molecule has 0 spiro atoms. The molecule has 0 aromatic heterocycles. The summed E-state index contributed by atoms with van der Waals surface area (Å²) in [5, 5.41) is 7.87. The zero-order valence-electron chi connectivity index (χ0n) is 13.4. The fourth-order valence-corrected chi connectivity index (χ4v) is 1.85. The van der Waals surface area contributed by atoms with Gasteiger partial charge in [-0.05, 0) is 36.8 Å². The first-order valence-corrected chi connectivity index (χ1v) is 7.61. The van der Waals surface area contributed by atoms with Crippen LogP contribution in [0.15, 0.2) is 36.4 Å². The van der Waals surface area contributed by atoms with Gasteiger partial charge in [-0.15, -0.1) is 0 Å². The highest BCUT2D eigenvalue weighted by Crippen LogP contribution is 2.10. The van der Waals surface area contributed by atoms with Crippen molar-refractivity contribution in [2.75, 3.05) is 19.0 Å². The molecule has 0 heterocycles. The van der Waals surface area contributed by atoms with E-state index in [4.69, 9.17) is 12.2 Å². The predicted octanol–water partition coefficient (Wildman–Crippen LogP) is 0.907. The Bertz CT molecular complexity index is 641. The van der Waals surface area contributed by atoms with Gasteiger partial charge in [0.05, 0.1) is 13.0 Å². The van der Waals surface area contributed by atoms with Crippen molar-refractivity contribution in [2.45, 2.75) is 13.3 Å². The van der Waals surface area contributed by atoms with Crippen molar-refractivity contribution in [2.24, 2.45) is 0 Å². The van der Waals surface area contributed by atoms with E-state index in [9.17, 15) is 14.4 Å². The van der Waals surface area contributed by atoms with Crippen molar-refractivity contribution < 1.29 is 19.1 Å². The standard InChI is InChI=1S/C16H19N3O4S/c1-3-23-15(22)9-8-13(20)19-16(24)18-12-6-4-11(5-7-12)10-14(21)17-2/h4-9H,3,10H2,1-2H3,(H,17,21)(H2,18,19,20,24)/b9-8+. The summed E-state index contributed by atoms with van der Waals surface area (Å²) in [5.41, 5.74) is 1.52. The number of thiocarbonyl (C=S) groups is 1. The third-order valence-electron chi connectivity index (χ3n) is 2.75. The highest BCUT2D eigenvalue weighted by Gasteiger charge is 2.04. The number of carbonyl (C=O) groups is 3. The van der Waals surface area contributed by atoms with Gasteiger partial charge in [0, 0.05) is 24.9 Å². The second kappa shape index (κ2) is 10.1. The summed E-state index contributed by atoms with van der Waals surface area (Å²) in [7, 11) is 1.58. The molecule has 8 heteroatoms. The first-order chi connectivity index (χ1) is 11.4. The van der Waals surface area contributed by atoms with Gasteiger partial charge in [-0.1, -0.05) is 12.1 Å². The minimum atomic E-state index is -0.599. The van der Waals surface area contributed by atoms with Crippen molar-refractivity contribution in [3.63, 3.8) is 0 Å². The number of nitrogens with one attached hydrogen (secondary N) is 3. The van der Waals surface area contributed by atoms with Gasteiger partial charge >= 0.3 is 5.97 Å². The second-order valence-corrected chi connectivity index (χ2v) is 4.98. The van der Waals surface area contributed by atoms with E-state index < -0.39 is 11.9 Å². The molecule has 0 saturated heterocycles. The molecule has 2 amide bonds. The van der Waals surface area contributed by atoms with Gasteiger partial charge in [0.2, 0.25) is 11.8 Å². The maximum Gasteiger partial charge on any atom is 0.330 e. The highest BCUT2D eigenvalue weighted by molar-refractivity contribution is 7.80. The lowest BCUT2D eigenvalue weighted by Crippen LogP contribution is -2.33. The molecule has 0 bridgehead atoms. The number of likely N-dealkylation sites (N-methyl/N-ethyl adjacent to an activating group) is 1. The summed E-state index contributed by atoms with van der Waals surface area (Å²) in [6.45, 7) is 1.91. The van der Waals surface area contributed by atoms with Crippen molar-refractivity contribution in [1.82, 2.24) is 10.6 Å². The van der Waals surface area contributed by atoms with Crippen LogP contribution in [-0.4, -0.2) is 36.6 Å². The lowest BCUT2D eigenvalue weighted by molar-refractivity contribution is -0.137. The fraction of sp³-hybridized carbons (Fsp3) is 0.250. The molecule has 0 saturated carbocycles. The molecule has 1 aromatic carbocycles. The van der Waals surface area contributed by atoms with E-state index in [1.807, 2.05) is 0 Å². The van der Waals surface area contributed by atoms with Gasteiger partial charge in [-0.25, -0.2) is 4.79 Å². The predicted molar refractivity (Wildman–Crippen MR) is 94.3 cm³/mol. The summed E-state index contributed by atoms with van der Waals surface area (Å²) in [6, 6.07) is 7.04. The van der Waals surface area contributed by atoms with Crippen LogP contribution in [-0.2, 0) is 25.5 Å². The molecule has 0 unspecified atom stereocenters. The number of esters is 1. The molecule has 24 heavy (non-hydrogen) atoms. The normalized spacial score (nSPS) is 10.1. The summed E-state index contributed by atoms with van der Waals surface area (Å²) < 4.78 is 4.66. The van der Waals surface area contributed by atoms with E-state index in [1.54, 1.807) is 38.2 Å². The topological polar surface area (TPSA) is 96.5 Å². The molecule has 0 fully saturated rings. The Hall–Kier alpha value is -2.74. The first-order valence-electron chi connectivity index (χ1n) is 7.21. The third-order valence-corrected chi connectivity index (χ3v) is 2.95. The second-order valence-electron chi connectivity index (χ2n) is 4.58. The van der Waals surface area contributed by atoms with Crippen LogP contribution < -0.4 is 16.0 Å². The van der Waals surface area contributed by atoms with Gasteiger partial charge in [0.1, 0.15) is 0 Å². The lowest BCUT2D eigenvalue weighted by Gasteiger charge is -2.09. The quantitative estimate of drug-likeness (QED) is 0.401. The van der Waals surface area contributed by atoms with Crippen molar-refractivity contribution in [1.29, 1.82) is 0 Å². The smallest absolute Gasteiger partial charge is 0.330 e.